The molecular formula is C74H124N4O54. The van der Waals surface area contributed by atoms with Crippen molar-refractivity contribution in [2.45, 2.75) is 379 Å². The molecule has 11 aliphatic heterocycles. The first kappa shape index (κ1) is 108. The van der Waals surface area contributed by atoms with Gasteiger partial charge < -0.3 is 269 Å². The van der Waals surface area contributed by atoms with Gasteiger partial charge in [-0.2, -0.15) is 0 Å². The van der Waals surface area contributed by atoms with Crippen molar-refractivity contribution in [1.82, 2.24) is 21.3 Å². The molecule has 0 aromatic rings. The lowest BCUT2D eigenvalue weighted by molar-refractivity contribution is -0.402. The average Bonchev–Trinajstić information content (AvgIpc) is 0.763. The Labute approximate surface area is 748 Å². The average molecular weight is 1930 g/mol. The van der Waals surface area contributed by atoms with E-state index in [4.69, 9.17) is 99.5 Å². The van der Waals surface area contributed by atoms with Gasteiger partial charge in [0.2, 0.25) is 23.6 Å². The zero-order valence-electron chi connectivity index (χ0n) is 71.3. The topological polar surface area (TPSA) is 897 Å². The second-order valence-electron chi connectivity index (χ2n) is 33.7. The Kier molecular flexibility index (Phi) is 38.5. The lowest BCUT2D eigenvalue weighted by atomic mass is 9.93. The molecular weight excluding hydrogens is 1810 g/mol. The van der Waals surface area contributed by atoms with Gasteiger partial charge >= 0.3 is 0 Å². The van der Waals surface area contributed by atoms with E-state index in [1.54, 1.807) is 0 Å². The molecule has 132 heavy (non-hydrogen) atoms. The number of hydrogen-bond acceptors (Lipinski definition) is 54. The summed E-state index contributed by atoms with van der Waals surface area (Å²) in [5, 5.41) is 336. The monoisotopic (exact) mass is 1930 g/mol. The van der Waals surface area contributed by atoms with E-state index in [0.717, 1.165) is 27.7 Å². The number of aliphatic hydroxyl groups is 29. The standard InChI is InChI=1S/C74H124N4O54/c1-16-35(91)46(102)52(108)68(113-16)131-62-50(106)39(95)23(8-80)117-72(62)126-57-28(13-85)121-66(33(44(57)100)77-20(5)89)129-60-48(104)37(93)22(7-79)116-71(60)112-15-30-41(97)59(54(110)70(123-30)125-56-27(12-84)120-65(32(43(56)99)76-19(4)88)124-55-26(11-83)115-64(111)31(42(55)98)75-18(3)87)128-74-61(49(105)38(94)25(10-82)119-74)130-67-34(78-21(6)90)45(101)58(29(14-86)122-67)127-73-63(51(107)40(96)24(9-81)118-73)132-69-53(109)47(103)36(92)17(2)114-69/h16-17,22-74,79-86,91-111H,7-15H2,1-6H3,(H,75,87)(H,76,88)(H,77,89)(H,78,90)/t16-,17-,22+,23+,24+,25+,26+,27+,28+,29+,30+,31+,32+,33+,34+,35+,36+,37+,38+,39-,40-,41+,42+,43+,44+,45+,46+,47+,48-,49-,50-,51-,52-,53-,54-,55+,56+,57+,58+,59-,60-,61-,62+,63+,64+,65-,66-,67-,68-,69-,70-,71-,72-,73-,74+/m0/s1. The first-order valence-corrected chi connectivity index (χ1v) is 42.4. The van der Waals surface area contributed by atoms with Gasteiger partial charge in [-0.1, -0.05) is 0 Å². The van der Waals surface area contributed by atoms with Gasteiger partial charge in [0.25, 0.3) is 0 Å². The predicted molar refractivity (Wildman–Crippen MR) is 406 cm³/mol. The number of aliphatic hydroxyl groups excluding tert-OH is 29. The summed E-state index contributed by atoms with van der Waals surface area (Å²) in [5.74, 6) is -3.80. The molecule has 0 aromatic heterocycles. The first-order valence-electron chi connectivity index (χ1n) is 42.4. The molecule has 11 heterocycles. The summed E-state index contributed by atoms with van der Waals surface area (Å²) >= 11 is 0. The molecule has 33 N–H and O–H groups in total. The van der Waals surface area contributed by atoms with Crippen LogP contribution in [0.2, 0.25) is 0 Å². The minimum Gasteiger partial charge on any atom is -0.394 e. The highest BCUT2D eigenvalue weighted by Crippen LogP contribution is 2.42. The predicted octanol–water partition coefficient (Wildman–Crippen LogP) is -22.3. The SMILES string of the molecule is CC(=O)N[C@@H]1[C@@H](O)[C@H](O[C@@H]2O[C@H](CO)[C@@H](O[C@@H]3O[C@H](CO[C@H]4O[C@H](CO)[C@@H](O)[C@H](O)[C@@H]4O[C@@H]4O[C@H](CO)[C@@H](O[C@@H]5O[C@H](CO)[C@H](O)[C@H](O)[C@H]5O[C@@H]5O[C@@H](C)[C@@H](O)[C@@H](O)[C@@H]5O)[C@H](O)[C@H]4NC(C)=O)[C@@H](O)[C@H](O[C@H]4O[C@H](CO)[C@@H](O)[C@H](O)[C@@H]4O[C@@H]4O[C@H](CO)[C@@H](O[C@@H]5O[C@H](CO)[C@H](O)[C@H](O)[C@H]5O[C@@H]5O[C@@H](C)[C@@H](O)[C@@H](O)[C@@H]5O)[C@H](O)[C@H]4NC(C)=O)[C@@H]3O)[C@H](O)[C@H]2NC(C)=O)[C@@H](CO)O[C@H]1O. The summed E-state index contributed by atoms with van der Waals surface area (Å²) in [5.41, 5.74) is 0. The molecule has 11 fully saturated rings. The Morgan fingerprint density at radius 2 is 0.447 bits per heavy atom. The smallest absolute Gasteiger partial charge is 0.217 e. The number of amides is 4. The highest BCUT2D eigenvalue weighted by molar-refractivity contribution is 5.74. The van der Waals surface area contributed by atoms with Crippen LogP contribution in [-0.4, -0.2) is 569 Å². The number of hydrogen-bond donors (Lipinski definition) is 33. The molecule has 0 bridgehead atoms. The van der Waals surface area contributed by atoms with Crippen LogP contribution in [0.5, 0.6) is 0 Å². The van der Waals surface area contributed by atoms with Gasteiger partial charge in [-0.25, -0.2) is 0 Å². The number of nitrogens with one attached hydrogen (secondary N) is 4. The number of ether oxygens (including phenoxy) is 21. The molecule has 11 rings (SSSR count). The highest BCUT2D eigenvalue weighted by atomic mass is 16.8. The Morgan fingerprint density at radius 3 is 0.765 bits per heavy atom. The van der Waals surface area contributed by atoms with Gasteiger partial charge in [-0.3, -0.25) is 19.2 Å². The lowest BCUT2D eigenvalue weighted by Crippen LogP contribution is -2.71. The zero-order valence-corrected chi connectivity index (χ0v) is 71.3. The summed E-state index contributed by atoms with van der Waals surface area (Å²) in [6.07, 6.45) is -107. The lowest BCUT2D eigenvalue weighted by Gasteiger charge is -2.51. The van der Waals surface area contributed by atoms with Crippen molar-refractivity contribution in [3.63, 3.8) is 0 Å². The fourth-order valence-corrected chi connectivity index (χ4v) is 17.3. The van der Waals surface area contributed by atoms with E-state index in [1.807, 2.05) is 0 Å². The second kappa shape index (κ2) is 47.0. The Balaban J connectivity index is 0.913. The van der Waals surface area contributed by atoms with E-state index in [0.29, 0.717) is 0 Å². The van der Waals surface area contributed by atoms with Crippen molar-refractivity contribution in [3.05, 3.63) is 0 Å². The molecule has 0 unspecified atom stereocenters. The van der Waals surface area contributed by atoms with Crippen molar-refractivity contribution in [2.24, 2.45) is 0 Å². The van der Waals surface area contributed by atoms with Gasteiger partial charge in [-0.15, -0.1) is 0 Å². The molecule has 0 aromatic carbocycles. The van der Waals surface area contributed by atoms with E-state index >= 15 is 0 Å². The number of rotatable bonds is 33. The molecule has 55 atom stereocenters. The fraction of sp³-hybridized carbons (Fsp3) is 0.946. The van der Waals surface area contributed by atoms with E-state index in [2.05, 4.69) is 21.3 Å². The summed E-state index contributed by atoms with van der Waals surface area (Å²) in [4.78, 5) is 51.8. The van der Waals surface area contributed by atoms with Crippen LogP contribution in [0.25, 0.3) is 0 Å². The molecule has 0 aliphatic carbocycles. The Bertz CT molecular complexity index is 3610. The molecule has 0 spiro atoms. The summed E-state index contributed by atoms with van der Waals surface area (Å²) in [7, 11) is 0. The van der Waals surface area contributed by atoms with Gasteiger partial charge in [0, 0.05) is 27.7 Å². The zero-order chi connectivity index (χ0) is 97.1. The number of carbonyl (C=O) groups excluding carboxylic acids is 4. The van der Waals surface area contributed by atoms with Crippen LogP contribution in [0.4, 0.5) is 0 Å². The Morgan fingerprint density at radius 1 is 0.212 bits per heavy atom. The second-order valence-corrected chi connectivity index (χ2v) is 33.7. The van der Waals surface area contributed by atoms with E-state index in [9.17, 15) is 167 Å². The fourth-order valence-electron chi connectivity index (χ4n) is 17.3. The largest absolute Gasteiger partial charge is 0.394 e. The van der Waals surface area contributed by atoms with E-state index in [-0.39, 0.29) is 0 Å². The maximum Gasteiger partial charge on any atom is 0.217 e. The van der Waals surface area contributed by atoms with Crippen LogP contribution in [0, 0.1) is 0 Å². The van der Waals surface area contributed by atoms with Crippen LogP contribution in [0.1, 0.15) is 41.5 Å². The molecule has 11 saturated heterocycles. The van der Waals surface area contributed by atoms with Crippen LogP contribution in [0.3, 0.4) is 0 Å². The highest BCUT2D eigenvalue weighted by Gasteiger charge is 2.63. The third kappa shape index (κ3) is 23.5. The van der Waals surface area contributed by atoms with Gasteiger partial charge in [0.15, 0.2) is 69.2 Å². The molecule has 4 amide bonds. The minimum absolute atomic E-state index is 0.810. The summed E-state index contributed by atoms with van der Waals surface area (Å²) in [6, 6.07) is -7.75. The van der Waals surface area contributed by atoms with Gasteiger partial charge in [0.05, 0.1) is 71.7 Å². The van der Waals surface area contributed by atoms with Crippen molar-refractivity contribution in [1.29, 1.82) is 0 Å². The van der Waals surface area contributed by atoms with Gasteiger partial charge in [0.1, 0.15) is 256 Å². The third-order valence-electron chi connectivity index (χ3n) is 24.5. The Hall–Kier alpha value is -4.12. The van der Waals surface area contributed by atoms with Crippen molar-refractivity contribution < 1.29 is 267 Å². The van der Waals surface area contributed by atoms with Crippen LogP contribution < -0.4 is 21.3 Å². The van der Waals surface area contributed by atoms with Crippen LogP contribution >= 0.6 is 0 Å². The molecule has 0 saturated carbocycles. The first-order chi connectivity index (χ1) is 62.4. The van der Waals surface area contributed by atoms with Crippen LogP contribution in [-0.2, 0) is 119 Å². The summed E-state index contributed by atoms with van der Waals surface area (Å²) < 4.78 is 126. The quantitative estimate of drug-likeness (QED) is 0.0290. The molecule has 58 heteroatoms. The minimum atomic E-state index is -2.65. The van der Waals surface area contributed by atoms with Crippen molar-refractivity contribution >= 4 is 23.6 Å². The van der Waals surface area contributed by atoms with Crippen molar-refractivity contribution in [2.75, 3.05) is 59.5 Å². The molecule has 0 radical (unpaired) electrons. The van der Waals surface area contributed by atoms with E-state index < -0.39 is 421 Å². The summed E-state index contributed by atoms with van der Waals surface area (Å²) in [6.45, 7) is -4.23. The third-order valence-corrected chi connectivity index (χ3v) is 24.5. The molecule has 11 aliphatic rings. The molecule has 764 valence electrons. The number of carbonyl (C=O) groups is 4. The molecule has 58 nitrogen and oxygen atoms in total. The van der Waals surface area contributed by atoms with E-state index in [1.165, 1.54) is 13.8 Å². The maximum atomic E-state index is 13.3. The maximum absolute atomic E-state index is 13.3. The van der Waals surface area contributed by atoms with Crippen LogP contribution in [0.15, 0.2) is 0 Å². The van der Waals surface area contributed by atoms with Gasteiger partial charge in [-0.05, 0) is 13.8 Å². The van der Waals surface area contributed by atoms with Crippen molar-refractivity contribution in [3.8, 4) is 0 Å². The normalized spacial score (nSPS) is 50.4.